The Morgan fingerprint density at radius 2 is 2.07 bits per heavy atom. The number of pyridine rings is 1. The monoisotopic (exact) mass is 391 g/mol. The number of unbranched alkanes of at least 4 members (excludes halogenated alkanes) is 1. The Bertz CT molecular complexity index is 600. The van der Waals surface area contributed by atoms with Gasteiger partial charge in [-0.15, -0.1) is 0 Å². The number of aromatic nitrogens is 1. The van der Waals surface area contributed by atoms with Crippen LogP contribution in [0.1, 0.15) is 46.1 Å². The van der Waals surface area contributed by atoms with Crippen LogP contribution in [-0.2, 0) is 11.3 Å². The second kappa shape index (κ2) is 11.9. The molecule has 2 N–H and O–H groups in total. The number of hydrogen-bond acceptors (Lipinski definition) is 5. The van der Waals surface area contributed by atoms with Gasteiger partial charge >= 0.3 is 0 Å². The molecule has 0 aromatic carbocycles. The third-order valence-corrected chi connectivity index (χ3v) is 4.89. The molecule has 28 heavy (non-hydrogen) atoms. The van der Waals surface area contributed by atoms with Crippen LogP contribution in [0.3, 0.4) is 0 Å². The lowest BCUT2D eigenvalue weighted by atomic mass is 10.0. The van der Waals surface area contributed by atoms with E-state index in [1.807, 2.05) is 12.1 Å². The smallest absolute Gasteiger partial charge is 0.218 e. The van der Waals surface area contributed by atoms with Crippen LogP contribution < -0.4 is 15.4 Å². The third-order valence-electron chi connectivity index (χ3n) is 4.89. The van der Waals surface area contributed by atoms with E-state index in [2.05, 4.69) is 48.2 Å². The van der Waals surface area contributed by atoms with Crippen molar-refractivity contribution >= 4 is 5.96 Å². The van der Waals surface area contributed by atoms with Crippen molar-refractivity contribution in [1.82, 2.24) is 20.5 Å². The van der Waals surface area contributed by atoms with Crippen molar-refractivity contribution in [1.29, 1.82) is 0 Å². The van der Waals surface area contributed by atoms with Crippen molar-refractivity contribution in [2.24, 2.45) is 4.99 Å². The number of nitrogens with zero attached hydrogens (tertiary/aromatic N) is 3. The minimum atomic E-state index is 0.0305. The number of morpholine rings is 1. The molecule has 0 saturated carbocycles. The van der Waals surface area contributed by atoms with Crippen molar-refractivity contribution in [3.05, 3.63) is 23.9 Å². The molecule has 1 aromatic heterocycles. The summed E-state index contributed by atoms with van der Waals surface area (Å²) in [4.78, 5) is 11.6. The van der Waals surface area contributed by atoms with Crippen molar-refractivity contribution in [3.63, 3.8) is 0 Å². The lowest BCUT2D eigenvalue weighted by molar-refractivity contribution is -0.00834. The molecule has 0 bridgehead atoms. The van der Waals surface area contributed by atoms with Crippen molar-refractivity contribution in [2.75, 3.05) is 46.0 Å². The maximum atomic E-state index is 5.82. The molecule has 0 aliphatic carbocycles. The van der Waals surface area contributed by atoms with Gasteiger partial charge in [0.2, 0.25) is 5.88 Å². The Balaban J connectivity index is 1.96. The first kappa shape index (κ1) is 22.4. The van der Waals surface area contributed by atoms with Gasteiger partial charge in [0.25, 0.3) is 0 Å². The Labute approximate surface area is 169 Å². The number of aliphatic imine (C=N–C) groups is 1. The lowest BCUT2D eigenvalue weighted by Gasteiger charge is -2.41. The van der Waals surface area contributed by atoms with E-state index < -0.39 is 0 Å². The van der Waals surface area contributed by atoms with Gasteiger partial charge in [0.15, 0.2) is 5.96 Å². The molecule has 158 valence electrons. The number of hydrogen-bond donors (Lipinski definition) is 2. The van der Waals surface area contributed by atoms with Crippen LogP contribution in [0, 0.1) is 0 Å². The minimum Gasteiger partial charge on any atom is -0.477 e. The highest BCUT2D eigenvalue weighted by Gasteiger charge is 2.28. The summed E-state index contributed by atoms with van der Waals surface area (Å²) >= 11 is 0. The van der Waals surface area contributed by atoms with Gasteiger partial charge in [-0.25, -0.2) is 9.98 Å². The molecular formula is C21H37N5O2. The SMILES string of the molecule is CCCCOc1ncccc1CN=C(NCC)NCC(C)(C)N1CCOCC1. The molecule has 1 aliphatic heterocycles. The van der Waals surface area contributed by atoms with E-state index in [9.17, 15) is 0 Å². The first-order valence-corrected chi connectivity index (χ1v) is 10.5. The van der Waals surface area contributed by atoms with Gasteiger partial charge in [-0.2, -0.15) is 0 Å². The van der Waals surface area contributed by atoms with E-state index in [0.717, 1.165) is 63.8 Å². The Morgan fingerprint density at radius 1 is 1.29 bits per heavy atom. The molecule has 2 rings (SSSR count). The second-order valence-electron chi connectivity index (χ2n) is 7.63. The largest absolute Gasteiger partial charge is 0.477 e. The van der Waals surface area contributed by atoms with Gasteiger partial charge in [-0.1, -0.05) is 19.4 Å². The van der Waals surface area contributed by atoms with Crippen LogP contribution in [0.25, 0.3) is 0 Å². The fraction of sp³-hybridized carbons (Fsp3) is 0.714. The predicted octanol–water partition coefficient (Wildman–Crippen LogP) is 2.43. The molecule has 0 atom stereocenters. The quantitative estimate of drug-likeness (QED) is 0.363. The van der Waals surface area contributed by atoms with E-state index >= 15 is 0 Å². The summed E-state index contributed by atoms with van der Waals surface area (Å²) in [7, 11) is 0. The molecule has 1 saturated heterocycles. The molecule has 1 fully saturated rings. The van der Waals surface area contributed by atoms with Crippen molar-refractivity contribution in [2.45, 2.75) is 52.6 Å². The summed E-state index contributed by atoms with van der Waals surface area (Å²) in [5, 5.41) is 6.83. The van der Waals surface area contributed by atoms with E-state index in [4.69, 9.17) is 14.5 Å². The zero-order valence-corrected chi connectivity index (χ0v) is 18.0. The van der Waals surface area contributed by atoms with Gasteiger partial charge in [0.1, 0.15) is 0 Å². The molecule has 1 aliphatic rings. The normalized spacial score (nSPS) is 16.1. The highest BCUT2D eigenvalue weighted by atomic mass is 16.5. The summed E-state index contributed by atoms with van der Waals surface area (Å²) in [6, 6.07) is 3.96. The van der Waals surface area contributed by atoms with Crippen LogP contribution in [-0.4, -0.2) is 67.4 Å². The molecule has 0 radical (unpaired) electrons. The maximum absolute atomic E-state index is 5.82. The van der Waals surface area contributed by atoms with E-state index in [1.165, 1.54) is 0 Å². The van der Waals surface area contributed by atoms with Crippen LogP contribution in [0.4, 0.5) is 0 Å². The zero-order valence-electron chi connectivity index (χ0n) is 18.0. The Morgan fingerprint density at radius 3 is 2.79 bits per heavy atom. The third kappa shape index (κ3) is 7.28. The summed E-state index contributed by atoms with van der Waals surface area (Å²) in [5.41, 5.74) is 1.03. The fourth-order valence-electron chi connectivity index (χ4n) is 3.07. The van der Waals surface area contributed by atoms with Gasteiger partial charge in [-0.05, 0) is 33.3 Å². The number of ether oxygens (including phenoxy) is 2. The lowest BCUT2D eigenvalue weighted by Crippen LogP contribution is -2.56. The summed E-state index contributed by atoms with van der Waals surface area (Å²) in [6.45, 7) is 15.1. The molecule has 7 heteroatoms. The van der Waals surface area contributed by atoms with Gasteiger partial charge in [0, 0.05) is 43.5 Å². The number of rotatable bonds is 10. The van der Waals surface area contributed by atoms with Gasteiger partial charge < -0.3 is 20.1 Å². The molecule has 2 heterocycles. The number of guanidine groups is 1. The van der Waals surface area contributed by atoms with Crippen LogP contribution >= 0.6 is 0 Å². The fourth-order valence-corrected chi connectivity index (χ4v) is 3.07. The Hall–Kier alpha value is -1.86. The summed E-state index contributed by atoms with van der Waals surface area (Å²) < 4.78 is 11.3. The first-order valence-electron chi connectivity index (χ1n) is 10.5. The molecule has 0 spiro atoms. The van der Waals surface area contributed by atoms with Crippen molar-refractivity contribution in [3.8, 4) is 5.88 Å². The average molecular weight is 392 g/mol. The van der Waals surface area contributed by atoms with Crippen molar-refractivity contribution < 1.29 is 9.47 Å². The zero-order chi connectivity index (χ0) is 20.2. The van der Waals surface area contributed by atoms with Crippen LogP contribution in [0.2, 0.25) is 0 Å². The van der Waals surface area contributed by atoms with E-state index in [-0.39, 0.29) is 5.54 Å². The maximum Gasteiger partial charge on any atom is 0.218 e. The first-order chi connectivity index (χ1) is 13.6. The van der Waals surface area contributed by atoms with Gasteiger partial charge in [-0.3, -0.25) is 4.90 Å². The molecule has 1 aromatic rings. The summed E-state index contributed by atoms with van der Waals surface area (Å²) in [6.07, 6.45) is 3.90. The number of nitrogens with one attached hydrogen (secondary N) is 2. The summed E-state index contributed by atoms with van der Waals surface area (Å²) in [5.74, 6) is 1.50. The van der Waals surface area contributed by atoms with Crippen LogP contribution in [0.15, 0.2) is 23.3 Å². The highest BCUT2D eigenvalue weighted by Crippen LogP contribution is 2.17. The minimum absolute atomic E-state index is 0.0305. The predicted molar refractivity (Wildman–Crippen MR) is 114 cm³/mol. The van der Waals surface area contributed by atoms with E-state index in [0.29, 0.717) is 19.0 Å². The molecule has 0 unspecified atom stereocenters. The second-order valence-corrected chi connectivity index (χ2v) is 7.63. The topological polar surface area (TPSA) is 71.0 Å². The molecule has 0 amide bonds. The molecule has 7 nitrogen and oxygen atoms in total. The van der Waals surface area contributed by atoms with Gasteiger partial charge in [0.05, 0.1) is 26.4 Å². The Kier molecular flexibility index (Phi) is 9.50. The average Bonchev–Trinajstić information content (AvgIpc) is 2.72. The molecular weight excluding hydrogens is 354 g/mol. The van der Waals surface area contributed by atoms with E-state index in [1.54, 1.807) is 6.20 Å². The highest BCUT2D eigenvalue weighted by molar-refractivity contribution is 5.79. The standard InChI is InChI=1S/C21H37N5O2/c1-5-7-13-28-19-18(9-8-10-23-19)16-24-20(22-6-2)25-17-21(3,4)26-11-14-27-15-12-26/h8-10H,5-7,11-17H2,1-4H3,(H2,22,24,25). The van der Waals surface area contributed by atoms with Crippen LogP contribution in [0.5, 0.6) is 5.88 Å².